The molecule has 4 rings (SSSR count). The molecule has 0 saturated carbocycles. The third kappa shape index (κ3) is 4.06. The second-order valence-corrected chi connectivity index (χ2v) is 7.62. The topological polar surface area (TPSA) is 96.7 Å². The maximum absolute atomic E-state index is 13.0. The lowest BCUT2D eigenvalue weighted by atomic mass is 10.2. The molecular weight excluding hydrogens is 382 g/mol. The maximum Gasteiger partial charge on any atom is 0.262 e. The van der Waals surface area contributed by atoms with Crippen molar-refractivity contribution in [3.63, 3.8) is 0 Å². The Bertz CT molecular complexity index is 1080. The molecule has 3 aromatic heterocycles. The van der Waals surface area contributed by atoms with Gasteiger partial charge in [0.05, 0.1) is 17.9 Å². The van der Waals surface area contributed by atoms with Gasteiger partial charge in [0, 0.05) is 44.1 Å². The van der Waals surface area contributed by atoms with Crippen LogP contribution in [0.4, 0.5) is 11.6 Å². The van der Waals surface area contributed by atoms with E-state index in [2.05, 4.69) is 37.6 Å². The van der Waals surface area contributed by atoms with E-state index in [4.69, 9.17) is 4.74 Å². The van der Waals surface area contributed by atoms with Crippen LogP contribution in [-0.4, -0.2) is 57.8 Å². The molecule has 1 unspecified atom stereocenters. The van der Waals surface area contributed by atoms with Crippen LogP contribution in [0.1, 0.15) is 35.5 Å². The molecule has 0 radical (unpaired) electrons. The predicted octanol–water partition coefficient (Wildman–Crippen LogP) is 2.19. The second kappa shape index (κ2) is 8.27. The van der Waals surface area contributed by atoms with Crippen LogP contribution in [0.25, 0.3) is 5.65 Å². The maximum atomic E-state index is 13.0. The smallest absolute Gasteiger partial charge is 0.262 e. The highest BCUT2D eigenvalue weighted by atomic mass is 16.5. The quantitative estimate of drug-likeness (QED) is 0.667. The number of amides is 1. The molecule has 1 aliphatic heterocycles. The zero-order chi connectivity index (χ0) is 21.3. The van der Waals surface area contributed by atoms with Gasteiger partial charge in [-0.25, -0.2) is 4.98 Å². The fourth-order valence-electron chi connectivity index (χ4n) is 3.75. The van der Waals surface area contributed by atoms with Crippen molar-refractivity contribution in [2.75, 3.05) is 36.5 Å². The van der Waals surface area contributed by atoms with E-state index >= 15 is 0 Å². The number of piperazine rings is 1. The lowest BCUT2D eigenvalue weighted by Crippen LogP contribution is -2.49. The van der Waals surface area contributed by atoms with Gasteiger partial charge in [0.2, 0.25) is 0 Å². The molecule has 30 heavy (non-hydrogen) atoms. The summed E-state index contributed by atoms with van der Waals surface area (Å²) in [5, 5.41) is 14.9. The summed E-state index contributed by atoms with van der Waals surface area (Å²) in [6, 6.07) is 4.03. The van der Waals surface area contributed by atoms with Crippen molar-refractivity contribution >= 4 is 23.2 Å². The summed E-state index contributed by atoms with van der Waals surface area (Å²) in [6.07, 6.45) is 3.60. The number of aromatic nitrogens is 4. The molecule has 0 spiro atoms. The number of rotatable bonds is 5. The minimum absolute atomic E-state index is 0.302. The van der Waals surface area contributed by atoms with E-state index in [1.807, 2.05) is 37.4 Å². The number of anilines is 2. The van der Waals surface area contributed by atoms with E-state index in [1.54, 1.807) is 12.3 Å². The fraction of sp³-hybridized carbons (Fsp3) is 0.429. The zero-order valence-corrected chi connectivity index (χ0v) is 17.8. The molecule has 1 aliphatic rings. The summed E-state index contributed by atoms with van der Waals surface area (Å²) in [7, 11) is 0. The van der Waals surface area contributed by atoms with Gasteiger partial charge in [0.15, 0.2) is 11.6 Å². The van der Waals surface area contributed by atoms with Gasteiger partial charge in [-0.3, -0.25) is 4.79 Å². The number of carbonyl (C=O) groups excluding carboxylic acids is 1. The van der Waals surface area contributed by atoms with Gasteiger partial charge in [-0.05, 0) is 39.3 Å². The molecule has 9 heteroatoms. The van der Waals surface area contributed by atoms with Gasteiger partial charge in [-0.2, -0.15) is 0 Å². The number of ether oxygens (including phenoxy) is 1. The van der Waals surface area contributed by atoms with E-state index in [0.29, 0.717) is 29.8 Å². The summed E-state index contributed by atoms with van der Waals surface area (Å²) in [5.41, 5.74) is 2.99. The van der Waals surface area contributed by atoms with Gasteiger partial charge in [-0.15, -0.1) is 10.2 Å². The van der Waals surface area contributed by atoms with Crippen molar-refractivity contribution in [3.05, 3.63) is 41.3 Å². The van der Waals surface area contributed by atoms with Crippen molar-refractivity contribution in [1.82, 2.24) is 24.9 Å². The molecule has 3 aromatic rings. The lowest BCUT2D eigenvalue weighted by Gasteiger charge is -2.33. The fourth-order valence-corrected chi connectivity index (χ4v) is 3.75. The third-order valence-corrected chi connectivity index (χ3v) is 5.09. The van der Waals surface area contributed by atoms with Gasteiger partial charge < -0.3 is 24.7 Å². The van der Waals surface area contributed by atoms with Crippen molar-refractivity contribution < 1.29 is 9.53 Å². The molecule has 9 nitrogen and oxygen atoms in total. The number of carbonyl (C=O) groups is 1. The summed E-state index contributed by atoms with van der Waals surface area (Å²) < 4.78 is 7.50. The van der Waals surface area contributed by atoms with E-state index in [1.165, 1.54) is 0 Å². The molecule has 1 saturated heterocycles. The van der Waals surface area contributed by atoms with E-state index in [0.717, 1.165) is 42.4 Å². The SMILES string of the molecule is CCOc1cc2nc(C)cn2cc1C(=O)Nc1cc(C)c(N2CCNC(C)C2)nn1. The molecule has 4 heterocycles. The van der Waals surface area contributed by atoms with Gasteiger partial charge in [0.25, 0.3) is 5.91 Å². The Labute approximate surface area is 175 Å². The molecule has 0 bridgehead atoms. The highest BCUT2D eigenvalue weighted by Crippen LogP contribution is 2.24. The van der Waals surface area contributed by atoms with Crippen LogP contribution in [-0.2, 0) is 0 Å². The van der Waals surface area contributed by atoms with E-state index < -0.39 is 0 Å². The van der Waals surface area contributed by atoms with Gasteiger partial charge in [0.1, 0.15) is 11.4 Å². The first kappa shape index (κ1) is 20.1. The van der Waals surface area contributed by atoms with Crippen LogP contribution in [0.5, 0.6) is 5.75 Å². The monoisotopic (exact) mass is 409 g/mol. The second-order valence-electron chi connectivity index (χ2n) is 7.62. The summed E-state index contributed by atoms with van der Waals surface area (Å²) in [6.45, 7) is 11.1. The number of nitrogens with one attached hydrogen (secondary N) is 2. The Morgan fingerprint density at radius 3 is 2.87 bits per heavy atom. The van der Waals surface area contributed by atoms with Crippen LogP contribution in [0.15, 0.2) is 24.5 Å². The van der Waals surface area contributed by atoms with Crippen LogP contribution in [0, 0.1) is 13.8 Å². The molecule has 158 valence electrons. The average molecular weight is 409 g/mol. The molecule has 1 fully saturated rings. The predicted molar refractivity (Wildman–Crippen MR) is 115 cm³/mol. The highest BCUT2D eigenvalue weighted by Gasteiger charge is 2.20. The Balaban J connectivity index is 1.57. The van der Waals surface area contributed by atoms with E-state index in [9.17, 15) is 4.79 Å². The van der Waals surface area contributed by atoms with Gasteiger partial charge >= 0.3 is 0 Å². The lowest BCUT2D eigenvalue weighted by molar-refractivity contribution is 0.102. The standard InChI is InChI=1S/C21H27N7O2/c1-5-30-17-9-19-23-15(4)11-28(19)12-16(17)21(29)24-18-8-13(2)20(26-25-18)27-7-6-22-14(3)10-27/h8-9,11-12,14,22H,5-7,10H2,1-4H3,(H,24,25,29). The van der Waals surface area contributed by atoms with Crippen LogP contribution in [0.2, 0.25) is 0 Å². The normalized spacial score (nSPS) is 16.7. The molecule has 1 amide bonds. The number of pyridine rings is 1. The summed E-state index contributed by atoms with van der Waals surface area (Å²) in [5.74, 6) is 1.45. The molecule has 1 atom stereocenters. The molecule has 2 N–H and O–H groups in total. The minimum atomic E-state index is -0.302. The number of nitrogens with zero attached hydrogens (tertiary/aromatic N) is 5. The number of fused-ring (bicyclic) bond motifs is 1. The third-order valence-electron chi connectivity index (χ3n) is 5.09. The van der Waals surface area contributed by atoms with Crippen LogP contribution < -0.4 is 20.3 Å². The van der Waals surface area contributed by atoms with Crippen molar-refractivity contribution in [2.45, 2.75) is 33.7 Å². The number of hydrogen-bond acceptors (Lipinski definition) is 7. The van der Waals surface area contributed by atoms with Crippen molar-refractivity contribution in [1.29, 1.82) is 0 Å². The number of imidazole rings is 1. The Morgan fingerprint density at radius 2 is 2.13 bits per heavy atom. The first-order valence-electron chi connectivity index (χ1n) is 10.2. The number of aryl methyl sites for hydroxylation is 2. The minimum Gasteiger partial charge on any atom is -0.493 e. The summed E-state index contributed by atoms with van der Waals surface area (Å²) >= 11 is 0. The zero-order valence-electron chi connectivity index (χ0n) is 17.8. The first-order valence-corrected chi connectivity index (χ1v) is 10.2. The average Bonchev–Trinajstić information content (AvgIpc) is 3.06. The molecule has 0 aliphatic carbocycles. The van der Waals surface area contributed by atoms with Crippen molar-refractivity contribution in [3.8, 4) is 5.75 Å². The van der Waals surface area contributed by atoms with Gasteiger partial charge in [-0.1, -0.05) is 0 Å². The van der Waals surface area contributed by atoms with Crippen LogP contribution >= 0.6 is 0 Å². The summed E-state index contributed by atoms with van der Waals surface area (Å²) in [4.78, 5) is 19.6. The van der Waals surface area contributed by atoms with Crippen molar-refractivity contribution in [2.24, 2.45) is 0 Å². The van der Waals surface area contributed by atoms with E-state index in [-0.39, 0.29) is 5.91 Å². The highest BCUT2D eigenvalue weighted by molar-refractivity contribution is 6.05. The number of hydrogen-bond donors (Lipinski definition) is 2. The Kier molecular flexibility index (Phi) is 5.54. The van der Waals surface area contributed by atoms with Crippen LogP contribution in [0.3, 0.4) is 0 Å². The Hall–Kier alpha value is -3.20. The first-order chi connectivity index (χ1) is 14.4. The molecule has 0 aromatic carbocycles. The Morgan fingerprint density at radius 1 is 1.30 bits per heavy atom. The largest absolute Gasteiger partial charge is 0.493 e. The molecular formula is C21H27N7O2.